The lowest BCUT2D eigenvalue weighted by atomic mass is 10.1. The van der Waals surface area contributed by atoms with Crippen molar-refractivity contribution in [1.82, 2.24) is 5.32 Å². The topological polar surface area (TPSA) is 15.3 Å². The predicted octanol–water partition coefficient (Wildman–Crippen LogP) is 4.16. The third kappa shape index (κ3) is 3.70. The minimum atomic E-state index is -0.195. The van der Waals surface area contributed by atoms with Crippen molar-refractivity contribution in [2.45, 2.75) is 32.9 Å². The summed E-state index contributed by atoms with van der Waals surface area (Å²) in [5.74, 6) is -0.364. The Morgan fingerprint density at radius 2 is 1.78 bits per heavy atom. The minimum absolute atomic E-state index is 0.169. The van der Waals surface area contributed by atoms with Crippen LogP contribution in [0.25, 0.3) is 0 Å². The van der Waals surface area contributed by atoms with Gasteiger partial charge in [0.1, 0.15) is 11.6 Å². The summed E-state index contributed by atoms with van der Waals surface area (Å²) in [4.78, 5) is 2.25. The second-order valence-corrected chi connectivity index (χ2v) is 6.12. The third-order valence-electron chi connectivity index (χ3n) is 4.39. The molecule has 0 bridgehead atoms. The fourth-order valence-corrected chi connectivity index (χ4v) is 3.13. The Labute approximate surface area is 136 Å². The molecule has 23 heavy (non-hydrogen) atoms. The number of nitrogens with zero attached hydrogens (tertiary/aromatic N) is 1. The van der Waals surface area contributed by atoms with Gasteiger partial charge in [-0.15, -0.1) is 0 Å². The molecule has 2 aromatic rings. The standard InChI is InChI=1S/C19H22F2N2/c1-14-11-15(7-8-17(14)20)12-22-13-16-18(21)5-4-6-19(16)23-9-2-3-10-23/h4-8,11,22H,2-3,9-10,12-13H2,1H3. The summed E-state index contributed by atoms with van der Waals surface area (Å²) < 4.78 is 27.5. The highest BCUT2D eigenvalue weighted by Gasteiger charge is 2.17. The van der Waals surface area contributed by atoms with Crippen LogP contribution in [-0.4, -0.2) is 13.1 Å². The van der Waals surface area contributed by atoms with Gasteiger partial charge in [0.05, 0.1) is 0 Å². The Kier molecular flexibility index (Phi) is 4.91. The third-order valence-corrected chi connectivity index (χ3v) is 4.39. The van der Waals surface area contributed by atoms with Crippen molar-refractivity contribution in [2.24, 2.45) is 0 Å². The SMILES string of the molecule is Cc1cc(CNCc2c(F)cccc2N2CCCC2)ccc1F. The van der Waals surface area contributed by atoms with Crippen molar-refractivity contribution in [3.8, 4) is 0 Å². The van der Waals surface area contributed by atoms with Crippen molar-refractivity contribution >= 4 is 5.69 Å². The van der Waals surface area contributed by atoms with Crippen molar-refractivity contribution in [3.05, 3.63) is 64.7 Å². The smallest absolute Gasteiger partial charge is 0.129 e. The second kappa shape index (κ2) is 7.09. The number of hydrogen-bond acceptors (Lipinski definition) is 2. The van der Waals surface area contributed by atoms with Crippen LogP contribution in [0.4, 0.5) is 14.5 Å². The first kappa shape index (κ1) is 15.9. The molecule has 0 radical (unpaired) electrons. The van der Waals surface area contributed by atoms with Gasteiger partial charge in [-0.1, -0.05) is 18.2 Å². The van der Waals surface area contributed by atoms with E-state index in [0.29, 0.717) is 24.2 Å². The van der Waals surface area contributed by atoms with Crippen LogP contribution in [0.1, 0.15) is 29.5 Å². The van der Waals surface area contributed by atoms with E-state index in [9.17, 15) is 8.78 Å². The molecule has 1 aliphatic rings. The molecule has 1 aliphatic heterocycles. The van der Waals surface area contributed by atoms with E-state index in [2.05, 4.69) is 10.2 Å². The fourth-order valence-electron chi connectivity index (χ4n) is 3.13. The Balaban J connectivity index is 1.68. The molecule has 0 aliphatic carbocycles. The normalized spacial score (nSPS) is 14.5. The van der Waals surface area contributed by atoms with Crippen LogP contribution >= 0.6 is 0 Å². The van der Waals surface area contributed by atoms with Gasteiger partial charge in [-0.2, -0.15) is 0 Å². The summed E-state index contributed by atoms with van der Waals surface area (Å²) in [5, 5.41) is 3.28. The Hall–Kier alpha value is -1.94. The van der Waals surface area contributed by atoms with E-state index in [1.807, 2.05) is 12.1 Å². The Morgan fingerprint density at radius 1 is 1.00 bits per heavy atom. The van der Waals surface area contributed by atoms with Gasteiger partial charge in [0.2, 0.25) is 0 Å². The summed E-state index contributed by atoms with van der Waals surface area (Å²) in [7, 11) is 0. The Bertz CT molecular complexity index is 679. The van der Waals surface area contributed by atoms with Crippen molar-refractivity contribution in [3.63, 3.8) is 0 Å². The molecule has 0 spiro atoms. The quantitative estimate of drug-likeness (QED) is 0.891. The van der Waals surface area contributed by atoms with Gasteiger partial charge in [0.25, 0.3) is 0 Å². The number of rotatable bonds is 5. The summed E-state index contributed by atoms with van der Waals surface area (Å²) in [6.07, 6.45) is 2.33. The molecule has 0 amide bonds. The first-order chi connectivity index (χ1) is 11.1. The minimum Gasteiger partial charge on any atom is -0.371 e. The fraction of sp³-hybridized carbons (Fsp3) is 0.368. The van der Waals surface area contributed by atoms with E-state index in [0.717, 1.165) is 37.2 Å². The highest BCUT2D eigenvalue weighted by molar-refractivity contribution is 5.54. The number of nitrogens with one attached hydrogen (secondary N) is 1. The number of aryl methyl sites for hydroxylation is 1. The van der Waals surface area contributed by atoms with Crippen molar-refractivity contribution in [1.29, 1.82) is 0 Å². The predicted molar refractivity (Wildman–Crippen MR) is 89.5 cm³/mol. The zero-order chi connectivity index (χ0) is 16.2. The van der Waals surface area contributed by atoms with Gasteiger partial charge < -0.3 is 10.2 Å². The highest BCUT2D eigenvalue weighted by atomic mass is 19.1. The monoisotopic (exact) mass is 316 g/mol. The zero-order valence-electron chi connectivity index (χ0n) is 13.4. The van der Waals surface area contributed by atoms with E-state index in [1.165, 1.54) is 12.1 Å². The van der Waals surface area contributed by atoms with E-state index in [4.69, 9.17) is 0 Å². The molecule has 122 valence electrons. The molecular weight excluding hydrogens is 294 g/mol. The summed E-state index contributed by atoms with van der Waals surface area (Å²) >= 11 is 0. The molecule has 0 atom stereocenters. The van der Waals surface area contributed by atoms with Crippen LogP contribution < -0.4 is 10.2 Å². The van der Waals surface area contributed by atoms with Gasteiger partial charge in [-0.05, 0) is 49.1 Å². The molecular formula is C19H22F2N2. The van der Waals surface area contributed by atoms with E-state index < -0.39 is 0 Å². The second-order valence-electron chi connectivity index (χ2n) is 6.12. The van der Waals surface area contributed by atoms with Crippen LogP contribution in [0.15, 0.2) is 36.4 Å². The summed E-state index contributed by atoms with van der Waals surface area (Å²) in [6.45, 7) is 4.80. The van der Waals surface area contributed by atoms with Gasteiger partial charge >= 0.3 is 0 Å². The van der Waals surface area contributed by atoms with E-state index >= 15 is 0 Å². The highest BCUT2D eigenvalue weighted by Crippen LogP contribution is 2.26. The molecule has 2 aromatic carbocycles. The van der Waals surface area contributed by atoms with E-state index in [1.54, 1.807) is 19.1 Å². The van der Waals surface area contributed by atoms with Crippen molar-refractivity contribution in [2.75, 3.05) is 18.0 Å². The number of benzene rings is 2. The van der Waals surface area contributed by atoms with Crippen LogP contribution in [0.3, 0.4) is 0 Å². The molecule has 0 unspecified atom stereocenters. The van der Waals surface area contributed by atoms with Gasteiger partial charge in [-0.3, -0.25) is 0 Å². The Morgan fingerprint density at radius 3 is 2.52 bits per heavy atom. The van der Waals surface area contributed by atoms with Crippen LogP contribution in [0.2, 0.25) is 0 Å². The summed E-state index contributed by atoms with van der Waals surface area (Å²) in [6, 6.07) is 10.3. The lowest BCUT2D eigenvalue weighted by molar-refractivity contribution is 0.586. The molecule has 0 saturated carbocycles. The van der Waals surface area contributed by atoms with Gasteiger partial charge in [0, 0.05) is 37.4 Å². The van der Waals surface area contributed by atoms with E-state index in [-0.39, 0.29) is 11.6 Å². The van der Waals surface area contributed by atoms with Gasteiger partial charge in [-0.25, -0.2) is 8.78 Å². The lowest BCUT2D eigenvalue weighted by Gasteiger charge is -2.22. The maximum absolute atomic E-state index is 14.2. The summed E-state index contributed by atoms with van der Waals surface area (Å²) in [5.41, 5.74) is 3.34. The molecule has 1 heterocycles. The number of anilines is 1. The molecule has 3 rings (SSSR count). The lowest BCUT2D eigenvalue weighted by Crippen LogP contribution is -2.22. The molecule has 4 heteroatoms. The molecule has 2 nitrogen and oxygen atoms in total. The first-order valence-electron chi connectivity index (χ1n) is 8.13. The zero-order valence-corrected chi connectivity index (χ0v) is 13.4. The molecule has 0 aromatic heterocycles. The molecule has 1 N–H and O–H groups in total. The average Bonchev–Trinajstić information content (AvgIpc) is 3.06. The maximum atomic E-state index is 14.2. The molecule has 1 fully saturated rings. The van der Waals surface area contributed by atoms with Crippen LogP contribution in [0, 0.1) is 18.6 Å². The van der Waals surface area contributed by atoms with Crippen LogP contribution in [-0.2, 0) is 13.1 Å². The van der Waals surface area contributed by atoms with Crippen LogP contribution in [0.5, 0.6) is 0 Å². The number of halogens is 2. The number of hydrogen-bond donors (Lipinski definition) is 1. The first-order valence-corrected chi connectivity index (χ1v) is 8.13. The maximum Gasteiger partial charge on any atom is 0.129 e. The largest absolute Gasteiger partial charge is 0.371 e. The average molecular weight is 316 g/mol. The molecule has 1 saturated heterocycles. The van der Waals surface area contributed by atoms with Gasteiger partial charge in [0.15, 0.2) is 0 Å². The van der Waals surface area contributed by atoms with Crippen molar-refractivity contribution < 1.29 is 8.78 Å².